The van der Waals surface area contributed by atoms with Gasteiger partial charge in [-0.3, -0.25) is 9.98 Å². The molecule has 0 rings (SSSR count). The van der Waals surface area contributed by atoms with Gasteiger partial charge in [0, 0.05) is 64.9 Å². The predicted molar refractivity (Wildman–Crippen MR) is 69.4 cm³/mol. The van der Waals surface area contributed by atoms with E-state index in [9.17, 15) is 0 Å². The van der Waals surface area contributed by atoms with Gasteiger partial charge < -0.3 is 9.98 Å². The molecule has 0 aromatic carbocycles. The van der Waals surface area contributed by atoms with E-state index in [-0.39, 0.29) is 0 Å². The molecule has 0 aromatic rings. The number of rotatable bonds is 8. The summed E-state index contributed by atoms with van der Waals surface area (Å²) in [6, 6.07) is 0. The normalized spacial score (nSPS) is 12.9. The number of hydrogen-bond acceptors (Lipinski definition) is 4. The highest BCUT2D eigenvalue weighted by Crippen LogP contribution is 1.83. The average molecular weight is 208 g/mol. The van der Waals surface area contributed by atoms with E-state index in [4.69, 9.17) is 0 Å². The van der Waals surface area contributed by atoms with E-state index in [1.165, 1.54) is 0 Å². The summed E-state index contributed by atoms with van der Waals surface area (Å²) in [6.07, 6.45) is 10.1. The highest BCUT2D eigenvalue weighted by Gasteiger charge is 1.81. The molecule has 0 aliphatic carbocycles. The third kappa shape index (κ3) is 12.7. The zero-order valence-electron chi connectivity index (χ0n) is 9.63. The Hall–Kier alpha value is -1.32. The predicted octanol–water partition coefficient (Wildman–Crippen LogP) is 1.70. The lowest BCUT2D eigenvalue weighted by atomic mass is 10.4. The van der Waals surface area contributed by atoms with Crippen LogP contribution in [0.25, 0.3) is 0 Å². The van der Waals surface area contributed by atoms with Gasteiger partial charge in [-0.2, -0.15) is 0 Å². The summed E-state index contributed by atoms with van der Waals surface area (Å²) in [7, 11) is 3.53. The van der Waals surface area contributed by atoms with Crippen LogP contribution in [0.3, 0.4) is 0 Å². The minimum atomic E-state index is 0.826. The fraction of sp³-hybridized carbons (Fsp3) is 0.636. The Balaban J connectivity index is 3.23. The molecule has 84 valence electrons. The second-order valence-corrected chi connectivity index (χ2v) is 2.88. The standard InChI is InChI=1S/C11H20N4/c1-12-6-3-8-14-10-5-11-15-9-4-7-13-2/h6-9H,3-5,10-11H2,1-2H3. The fourth-order valence-corrected chi connectivity index (χ4v) is 0.890. The van der Waals surface area contributed by atoms with Crippen LogP contribution in [0.1, 0.15) is 19.3 Å². The van der Waals surface area contributed by atoms with Crippen molar-refractivity contribution < 1.29 is 0 Å². The van der Waals surface area contributed by atoms with Gasteiger partial charge in [-0.1, -0.05) is 0 Å². The molecule has 15 heavy (non-hydrogen) atoms. The summed E-state index contributed by atoms with van der Waals surface area (Å²) in [5.74, 6) is 0. The largest absolute Gasteiger partial charge is 0.300 e. The Bertz CT molecular complexity index is 205. The molecule has 0 saturated heterocycles. The van der Waals surface area contributed by atoms with Crippen molar-refractivity contribution in [2.75, 3.05) is 27.2 Å². The number of nitrogens with zero attached hydrogens (tertiary/aromatic N) is 4. The van der Waals surface area contributed by atoms with Gasteiger partial charge in [0.15, 0.2) is 0 Å². The quantitative estimate of drug-likeness (QED) is 0.430. The molecule has 0 bridgehead atoms. The third-order valence-corrected chi connectivity index (χ3v) is 1.62. The van der Waals surface area contributed by atoms with Crippen molar-refractivity contribution in [1.82, 2.24) is 0 Å². The molecule has 0 N–H and O–H groups in total. The Kier molecular flexibility index (Phi) is 11.6. The molecule has 0 aliphatic heterocycles. The minimum absolute atomic E-state index is 0.826. The summed E-state index contributed by atoms with van der Waals surface area (Å²) in [5, 5.41) is 0. The van der Waals surface area contributed by atoms with Crippen LogP contribution in [-0.4, -0.2) is 52.0 Å². The molecule has 4 heteroatoms. The Morgan fingerprint density at radius 1 is 0.733 bits per heavy atom. The van der Waals surface area contributed by atoms with Gasteiger partial charge in [0.25, 0.3) is 0 Å². The molecular weight excluding hydrogens is 188 g/mol. The van der Waals surface area contributed by atoms with E-state index in [0.717, 1.165) is 32.4 Å². The van der Waals surface area contributed by atoms with Gasteiger partial charge >= 0.3 is 0 Å². The summed E-state index contributed by atoms with van der Waals surface area (Å²) in [6.45, 7) is 1.69. The van der Waals surface area contributed by atoms with Crippen molar-refractivity contribution >= 4 is 24.9 Å². The van der Waals surface area contributed by atoms with Gasteiger partial charge in [0.2, 0.25) is 0 Å². The van der Waals surface area contributed by atoms with Crippen molar-refractivity contribution in [2.45, 2.75) is 19.3 Å². The monoisotopic (exact) mass is 208 g/mol. The second kappa shape index (κ2) is 12.7. The van der Waals surface area contributed by atoms with E-state index in [2.05, 4.69) is 20.0 Å². The maximum Gasteiger partial charge on any atom is 0.0403 e. The summed E-state index contributed by atoms with van der Waals surface area (Å²) >= 11 is 0. The molecule has 0 heterocycles. The van der Waals surface area contributed by atoms with Crippen molar-refractivity contribution in [1.29, 1.82) is 0 Å². The third-order valence-electron chi connectivity index (χ3n) is 1.62. The van der Waals surface area contributed by atoms with Crippen LogP contribution in [0.2, 0.25) is 0 Å². The molecule has 0 amide bonds. The zero-order valence-corrected chi connectivity index (χ0v) is 9.63. The van der Waals surface area contributed by atoms with Crippen LogP contribution in [0.15, 0.2) is 20.0 Å². The first-order valence-electron chi connectivity index (χ1n) is 5.19. The zero-order chi connectivity index (χ0) is 11.2. The lowest BCUT2D eigenvalue weighted by Crippen LogP contribution is -1.88. The van der Waals surface area contributed by atoms with Crippen LogP contribution in [0, 0.1) is 0 Å². The Morgan fingerprint density at radius 3 is 1.60 bits per heavy atom. The van der Waals surface area contributed by atoms with E-state index >= 15 is 0 Å². The molecule has 0 aliphatic rings. The first-order chi connectivity index (χ1) is 7.41. The molecule has 0 radical (unpaired) electrons. The van der Waals surface area contributed by atoms with Crippen LogP contribution in [0.4, 0.5) is 0 Å². The van der Waals surface area contributed by atoms with E-state index in [0.29, 0.717) is 0 Å². The average Bonchev–Trinajstić information content (AvgIpc) is 2.26. The van der Waals surface area contributed by atoms with E-state index in [1.807, 2.05) is 24.9 Å². The molecule has 0 aromatic heterocycles. The van der Waals surface area contributed by atoms with Crippen LogP contribution in [-0.2, 0) is 0 Å². The maximum atomic E-state index is 4.23. The smallest absolute Gasteiger partial charge is 0.0403 e. The Labute approximate surface area is 92.0 Å². The summed E-state index contributed by atoms with van der Waals surface area (Å²) in [4.78, 5) is 16.2. The first-order valence-corrected chi connectivity index (χ1v) is 5.19. The molecule has 0 unspecified atom stereocenters. The Morgan fingerprint density at radius 2 is 1.20 bits per heavy atom. The second-order valence-electron chi connectivity index (χ2n) is 2.88. The van der Waals surface area contributed by atoms with E-state index in [1.54, 1.807) is 14.1 Å². The minimum Gasteiger partial charge on any atom is -0.300 e. The molecule has 0 atom stereocenters. The highest BCUT2D eigenvalue weighted by atomic mass is 14.7. The van der Waals surface area contributed by atoms with Crippen LogP contribution < -0.4 is 0 Å². The summed E-state index contributed by atoms with van der Waals surface area (Å²) in [5.41, 5.74) is 0. The molecule has 4 nitrogen and oxygen atoms in total. The van der Waals surface area contributed by atoms with Crippen molar-refractivity contribution in [3.8, 4) is 0 Å². The number of hydrogen-bond donors (Lipinski definition) is 0. The molecular formula is C11H20N4. The van der Waals surface area contributed by atoms with Crippen molar-refractivity contribution in [3.63, 3.8) is 0 Å². The summed E-state index contributed by atoms with van der Waals surface area (Å²) < 4.78 is 0. The molecule has 0 saturated carbocycles. The topological polar surface area (TPSA) is 49.4 Å². The lowest BCUT2D eigenvalue weighted by molar-refractivity contribution is 0.849. The van der Waals surface area contributed by atoms with Gasteiger partial charge in [-0.05, 0) is 6.42 Å². The maximum absolute atomic E-state index is 4.23. The SMILES string of the molecule is CN=CCC=NCCCN=CCC=NC. The molecule has 0 spiro atoms. The van der Waals surface area contributed by atoms with Crippen LogP contribution >= 0.6 is 0 Å². The van der Waals surface area contributed by atoms with Gasteiger partial charge in [0.1, 0.15) is 0 Å². The number of aliphatic imine (C=N–C) groups is 4. The lowest BCUT2D eigenvalue weighted by Gasteiger charge is -1.90. The molecule has 0 fully saturated rings. The van der Waals surface area contributed by atoms with Gasteiger partial charge in [-0.25, -0.2) is 0 Å². The highest BCUT2D eigenvalue weighted by molar-refractivity contribution is 5.79. The van der Waals surface area contributed by atoms with Crippen molar-refractivity contribution in [3.05, 3.63) is 0 Å². The van der Waals surface area contributed by atoms with Crippen molar-refractivity contribution in [2.24, 2.45) is 20.0 Å². The first kappa shape index (κ1) is 13.7. The van der Waals surface area contributed by atoms with E-state index < -0.39 is 0 Å². The van der Waals surface area contributed by atoms with Gasteiger partial charge in [-0.15, -0.1) is 0 Å². The van der Waals surface area contributed by atoms with Gasteiger partial charge in [0.05, 0.1) is 0 Å². The van der Waals surface area contributed by atoms with Crippen LogP contribution in [0.5, 0.6) is 0 Å². The fourth-order valence-electron chi connectivity index (χ4n) is 0.890.